The van der Waals surface area contributed by atoms with Gasteiger partial charge in [-0.2, -0.15) is 5.10 Å². The van der Waals surface area contributed by atoms with E-state index < -0.39 is 0 Å². The molecule has 0 saturated carbocycles. The summed E-state index contributed by atoms with van der Waals surface area (Å²) in [5, 5.41) is 12.3. The molecule has 0 aliphatic carbocycles. The van der Waals surface area contributed by atoms with Crippen LogP contribution in [0.1, 0.15) is 5.56 Å². The summed E-state index contributed by atoms with van der Waals surface area (Å²) in [5.74, 6) is 0. The monoisotopic (exact) mass is 376 g/mol. The van der Waals surface area contributed by atoms with Crippen LogP contribution in [0.25, 0.3) is 0 Å². The summed E-state index contributed by atoms with van der Waals surface area (Å²) in [6, 6.07) is 15.3. The third kappa shape index (κ3) is 4.71. The highest BCUT2D eigenvalue weighted by molar-refractivity contribution is 7.80. The van der Waals surface area contributed by atoms with E-state index in [-0.39, 0.29) is 0 Å². The van der Waals surface area contributed by atoms with Gasteiger partial charge in [-0.3, -0.25) is 4.68 Å². The molecule has 0 atom stereocenters. The molecule has 1 heterocycles. The van der Waals surface area contributed by atoms with Crippen LogP contribution in [0.2, 0.25) is 10.0 Å². The zero-order valence-corrected chi connectivity index (χ0v) is 14.9. The second-order valence-corrected chi connectivity index (χ2v) is 6.42. The lowest BCUT2D eigenvalue weighted by molar-refractivity contribution is 0.687. The van der Waals surface area contributed by atoms with Gasteiger partial charge in [-0.05, 0) is 54.2 Å². The summed E-state index contributed by atoms with van der Waals surface area (Å²) in [6.07, 6.45) is 3.41. The number of hydrogen-bond donors (Lipinski definition) is 2. The van der Waals surface area contributed by atoms with Gasteiger partial charge in [0.1, 0.15) is 0 Å². The summed E-state index contributed by atoms with van der Waals surface area (Å²) < 4.78 is 1.78. The van der Waals surface area contributed by atoms with Crippen molar-refractivity contribution in [3.8, 4) is 0 Å². The van der Waals surface area contributed by atoms with Gasteiger partial charge >= 0.3 is 0 Å². The van der Waals surface area contributed by atoms with Gasteiger partial charge in [0.05, 0.1) is 17.8 Å². The fourth-order valence-electron chi connectivity index (χ4n) is 2.19. The molecule has 0 radical (unpaired) electrons. The topological polar surface area (TPSA) is 41.9 Å². The van der Waals surface area contributed by atoms with Crippen LogP contribution in [0.4, 0.5) is 11.4 Å². The van der Waals surface area contributed by atoms with E-state index in [1.54, 1.807) is 17.1 Å². The van der Waals surface area contributed by atoms with Crippen molar-refractivity contribution in [1.29, 1.82) is 0 Å². The average molecular weight is 377 g/mol. The zero-order valence-electron chi connectivity index (χ0n) is 12.5. The number of rotatable bonds is 4. The lowest BCUT2D eigenvalue weighted by atomic mass is 10.2. The first-order valence-electron chi connectivity index (χ1n) is 7.19. The SMILES string of the molecule is S=C(Nc1ccc(Cl)cc1)Nc1cccc(Cn2cc(Cl)cn2)c1. The highest BCUT2D eigenvalue weighted by Gasteiger charge is 2.02. The molecule has 24 heavy (non-hydrogen) atoms. The van der Waals surface area contributed by atoms with E-state index in [0.29, 0.717) is 21.7 Å². The summed E-state index contributed by atoms with van der Waals surface area (Å²) in [6.45, 7) is 0.639. The van der Waals surface area contributed by atoms with Gasteiger partial charge < -0.3 is 10.6 Å². The van der Waals surface area contributed by atoms with Crippen molar-refractivity contribution in [2.45, 2.75) is 6.54 Å². The molecule has 0 spiro atoms. The Labute approximate surface area is 155 Å². The number of nitrogens with one attached hydrogen (secondary N) is 2. The van der Waals surface area contributed by atoms with Crippen molar-refractivity contribution >= 4 is 51.9 Å². The van der Waals surface area contributed by atoms with Crippen LogP contribution < -0.4 is 10.6 Å². The normalized spacial score (nSPS) is 10.4. The van der Waals surface area contributed by atoms with E-state index in [0.717, 1.165) is 16.9 Å². The van der Waals surface area contributed by atoms with E-state index in [4.69, 9.17) is 35.4 Å². The summed E-state index contributed by atoms with van der Waals surface area (Å²) in [4.78, 5) is 0. The molecular formula is C17H14Cl2N4S. The van der Waals surface area contributed by atoms with Crippen LogP contribution >= 0.6 is 35.4 Å². The Bertz CT molecular complexity index is 846. The van der Waals surface area contributed by atoms with Crippen molar-refractivity contribution in [3.05, 3.63) is 76.5 Å². The predicted octanol–water partition coefficient (Wildman–Crippen LogP) is 5.05. The molecule has 1 aromatic heterocycles. The van der Waals surface area contributed by atoms with Crippen molar-refractivity contribution in [1.82, 2.24) is 9.78 Å². The fraction of sp³-hybridized carbons (Fsp3) is 0.0588. The number of halogens is 2. The fourth-order valence-corrected chi connectivity index (χ4v) is 2.70. The van der Waals surface area contributed by atoms with E-state index >= 15 is 0 Å². The predicted molar refractivity (Wildman–Crippen MR) is 104 cm³/mol. The minimum atomic E-state index is 0.511. The molecule has 0 aliphatic rings. The Hall–Kier alpha value is -2.08. The second kappa shape index (κ2) is 7.66. The molecule has 7 heteroatoms. The minimum Gasteiger partial charge on any atom is -0.332 e. The van der Waals surface area contributed by atoms with E-state index in [1.807, 2.05) is 48.5 Å². The molecule has 0 saturated heterocycles. The molecule has 2 N–H and O–H groups in total. The summed E-state index contributed by atoms with van der Waals surface area (Å²) >= 11 is 17.1. The standard InChI is InChI=1S/C17H14Cl2N4S/c18-13-4-6-15(7-5-13)21-17(24)22-16-3-1-2-12(8-16)10-23-11-14(19)9-20-23/h1-9,11H,10H2,(H2,21,22,24). The van der Waals surface area contributed by atoms with Gasteiger partial charge in [0.15, 0.2) is 5.11 Å². The third-order valence-electron chi connectivity index (χ3n) is 3.23. The first-order chi connectivity index (χ1) is 11.6. The second-order valence-electron chi connectivity index (χ2n) is 5.14. The van der Waals surface area contributed by atoms with Gasteiger partial charge in [-0.15, -0.1) is 0 Å². The highest BCUT2D eigenvalue weighted by atomic mass is 35.5. The first kappa shape index (κ1) is 16.8. The number of nitrogens with zero attached hydrogens (tertiary/aromatic N) is 2. The van der Waals surface area contributed by atoms with Gasteiger partial charge in [0.25, 0.3) is 0 Å². The molecule has 3 aromatic rings. The Morgan fingerprint density at radius 3 is 2.46 bits per heavy atom. The molecule has 0 amide bonds. The van der Waals surface area contributed by atoms with E-state index in [9.17, 15) is 0 Å². The van der Waals surface area contributed by atoms with Gasteiger partial charge in [-0.25, -0.2) is 0 Å². The lowest BCUT2D eigenvalue weighted by Crippen LogP contribution is -2.19. The molecule has 122 valence electrons. The van der Waals surface area contributed by atoms with Crippen molar-refractivity contribution < 1.29 is 0 Å². The summed E-state index contributed by atoms with van der Waals surface area (Å²) in [7, 11) is 0. The van der Waals surface area contributed by atoms with Crippen LogP contribution in [0.15, 0.2) is 60.9 Å². The molecule has 0 bridgehead atoms. The Morgan fingerprint density at radius 2 is 1.75 bits per heavy atom. The van der Waals surface area contributed by atoms with Crippen LogP contribution in [-0.2, 0) is 6.54 Å². The van der Waals surface area contributed by atoms with E-state index in [1.165, 1.54) is 0 Å². The number of anilines is 2. The van der Waals surface area contributed by atoms with Crippen LogP contribution in [0, 0.1) is 0 Å². The first-order valence-corrected chi connectivity index (χ1v) is 8.35. The number of benzene rings is 2. The van der Waals surface area contributed by atoms with Crippen molar-refractivity contribution in [3.63, 3.8) is 0 Å². The number of thiocarbonyl (C=S) groups is 1. The smallest absolute Gasteiger partial charge is 0.175 e. The summed E-state index contributed by atoms with van der Waals surface area (Å²) in [5.41, 5.74) is 2.87. The maximum Gasteiger partial charge on any atom is 0.175 e. The van der Waals surface area contributed by atoms with Crippen molar-refractivity contribution in [2.75, 3.05) is 10.6 Å². The maximum absolute atomic E-state index is 5.88. The Kier molecular flexibility index (Phi) is 5.35. The number of aromatic nitrogens is 2. The van der Waals surface area contributed by atoms with Gasteiger partial charge in [-0.1, -0.05) is 35.3 Å². The van der Waals surface area contributed by atoms with Gasteiger partial charge in [0.2, 0.25) is 0 Å². The number of hydrogen-bond acceptors (Lipinski definition) is 2. The Balaban J connectivity index is 1.63. The lowest BCUT2D eigenvalue weighted by Gasteiger charge is -2.12. The Morgan fingerprint density at radius 1 is 1.00 bits per heavy atom. The zero-order chi connectivity index (χ0) is 16.9. The third-order valence-corrected chi connectivity index (χ3v) is 3.88. The molecule has 0 fully saturated rings. The molecule has 0 unspecified atom stereocenters. The van der Waals surface area contributed by atoms with Gasteiger partial charge in [0, 0.05) is 22.6 Å². The molecular weight excluding hydrogens is 363 g/mol. The highest BCUT2D eigenvalue weighted by Crippen LogP contribution is 2.16. The molecule has 2 aromatic carbocycles. The van der Waals surface area contributed by atoms with Crippen LogP contribution in [0.3, 0.4) is 0 Å². The quantitative estimate of drug-likeness (QED) is 0.625. The van der Waals surface area contributed by atoms with Crippen LogP contribution in [-0.4, -0.2) is 14.9 Å². The average Bonchev–Trinajstić information content (AvgIpc) is 2.95. The molecule has 3 rings (SSSR count). The largest absolute Gasteiger partial charge is 0.332 e. The van der Waals surface area contributed by atoms with E-state index in [2.05, 4.69) is 15.7 Å². The minimum absolute atomic E-state index is 0.511. The van der Waals surface area contributed by atoms with Crippen LogP contribution in [0.5, 0.6) is 0 Å². The maximum atomic E-state index is 5.88. The molecule has 4 nitrogen and oxygen atoms in total. The molecule has 0 aliphatic heterocycles. The van der Waals surface area contributed by atoms with Crippen molar-refractivity contribution in [2.24, 2.45) is 0 Å².